The molecule has 7 nitrogen and oxygen atoms in total. The third kappa shape index (κ3) is 5.24. The first-order chi connectivity index (χ1) is 11.8. The Bertz CT molecular complexity index is 666. The van der Waals surface area contributed by atoms with Gasteiger partial charge in [-0.25, -0.2) is 8.42 Å². The minimum Gasteiger partial charge on any atom is -0.373 e. The predicted octanol–water partition coefficient (Wildman–Crippen LogP) is 0.824. The number of morpholine rings is 1. The Kier molecular flexibility index (Phi) is 6.95. The molecule has 1 saturated heterocycles. The summed E-state index contributed by atoms with van der Waals surface area (Å²) in [6, 6.07) is 6.06. The molecule has 25 heavy (non-hydrogen) atoms. The van der Waals surface area contributed by atoms with Gasteiger partial charge >= 0.3 is 0 Å². The molecule has 1 heterocycles. The smallest absolute Gasteiger partial charge is 0.251 e. The average molecular weight is 369 g/mol. The molecule has 2 N–H and O–H groups in total. The lowest BCUT2D eigenvalue weighted by Gasteiger charge is -2.34. The highest BCUT2D eigenvalue weighted by Crippen LogP contribution is 2.21. The zero-order valence-corrected chi connectivity index (χ0v) is 15.8. The minimum absolute atomic E-state index is 0.139. The van der Waals surface area contributed by atoms with E-state index >= 15 is 0 Å². The third-order valence-electron chi connectivity index (χ3n) is 3.98. The predicted molar refractivity (Wildman–Crippen MR) is 96.1 cm³/mol. The molecule has 2 atom stereocenters. The second-order valence-electron chi connectivity index (χ2n) is 6.21. The monoisotopic (exact) mass is 369 g/mol. The van der Waals surface area contributed by atoms with Gasteiger partial charge in [0.1, 0.15) is 0 Å². The van der Waals surface area contributed by atoms with E-state index in [0.29, 0.717) is 31.7 Å². The van der Waals surface area contributed by atoms with Gasteiger partial charge in [0.2, 0.25) is 10.0 Å². The van der Waals surface area contributed by atoms with Crippen LogP contribution in [0.4, 0.5) is 0 Å². The normalized spacial score (nSPS) is 21.9. The maximum Gasteiger partial charge on any atom is 0.251 e. The van der Waals surface area contributed by atoms with Crippen molar-refractivity contribution in [2.45, 2.75) is 37.9 Å². The highest BCUT2D eigenvalue weighted by atomic mass is 32.2. The summed E-state index contributed by atoms with van der Waals surface area (Å²) in [4.78, 5) is 12.2. The fourth-order valence-corrected chi connectivity index (χ4v) is 4.39. The van der Waals surface area contributed by atoms with Crippen LogP contribution in [0.15, 0.2) is 29.2 Å². The highest BCUT2D eigenvalue weighted by Gasteiger charge is 2.32. The Morgan fingerprint density at radius 2 is 1.76 bits per heavy atom. The Labute approximate surface area is 149 Å². The van der Waals surface area contributed by atoms with Gasteiger partial charge in [0.05, 0.1) is 17.1 Å². The number of nitrogens with zero attached hydrogens (tertiary/aromatic N) is 1. The number of amides is 1. The van der Waals surface area contributed by atoms with Crippen LogP contribution in [0.3, 0.4) is 0 Å². The maximum atomic E-state index is 12.8. The van der Waals surface area contributed by atoms with Crippen molar-refractivity contribution in [2.75, 3.05) is 32.7 Å². The van der Waals surface area contributed by atoms with Gasteiger partial charge in [0.25, 0.3) is 5.91 Å². The van der Waals surface area contributed by atoms with E-state index in [4.69, 9.17) is 4.74 Å². The van der Waals surface area contributed by atoms with Gasteiger partial charge in [-0.05, 0) is 44.7 Å². The molecule has 0 saturated carbocycles. The van der Waals surface area contributed by atoms with Gasteiger partial charge in [-0.15, -0.1) is 0 Å². The lowest BCUT2D eigenvalue weighted by Crippen LogP contribution is -2.48. The number of hydrogen-bond donors (Lipinski definition) is 2. The van der Waals surface area contributed by atoms with Crippen molar-refractivity contribution in [2.24, 2.45) is 0 Å². The second kappa shape index (κ2) is 8.75. The summed E-state index contributed by atoms with van der Waals surface area (Å²) in [5.74, 6) is -0.213. The van der Waals surface area contributed by atoms with Crippen LogP contribution in [0.2, 0.25) is 0 Å². The van der Waals surface area contributed by atoms with Crippen LogP contribution < -0.4 is 10.6 Å². The molecular weight excluding hydrogens is 342 g/mol. The summed E-state index contributed by atoms with van der Waals surface area (Å²) in [6.07, 6.45) is -0.277. The quantitative estimate of drug-likeness (QED) is 0.695. The Hall–Kier alpha value is -1.48. The van der Waals surface area contributed by atoms with E-state index < -0.39 is 10.0 Å². The molecule has 0 aliphatic carbocycles. The van der Waals surface area contributed by atoms with Crippen LogP contribution in [-0.2, 0) is 14.8 Å². The molecule has 0 radical (unpaired) electrons. The number of rotatable bonds is 7. The van der Waals surface area contributed by atoms with Gasteiger partial charge in [-0.2, -0.15) is 4.31 Å². The molecular formula is C17H27N3O4S. The molecule has 2 rings (SSSR count). The van der Waals surface area contributed by atoms with Crippen molar-refractivity contribution < 1.29 is 17.9 Å². The zero-order valence-electron chi connectivity index (χ0n) is 15.0. The van der Waals surface area contributed by atoms with Gasteiger partial charge in [0.15, 0.2) is 0 Å². The number of ether oxygens (including phenoxy) is 1. The molecule has 140 valence electrons. The topological polar surface area (TPSA) is 87.7 Å². The second-order valence-corrected chi connectivity index (χ2v) is 8.15. The van der Waals surface area contributed by atoms with Crippen LogP contribution >= 0.6 is 0 Å². The summed E-state index contributed by atoms with van der Waals surface area (Å²) in [7, 11) is -3.58. The molecule has 2 unspecified atom stereocenters. The van der Waals surface area contributed by atoms with Crippen molar-refractivity contribution in [3.63, 3.8) is 0 Å². The van der Waals surface area contributed by atoms with Crippen LogP contribution in [0, 0.1) is 0 Å². The van der Waals surface area contributed by atoms with E-state index in [-0.39, 0.29) is 23.0 Å². The SMILES string of the molecule is CCNCCNC(=O)c1ccc(S(=O)(=O)N2CC(C)OC(C)C2)cc1. The van der Waals surface area contributed by atoms with E-state index in [1.165, 1.54) is 16.4 Å². The van der Waals surface area contributed by atoms with E-state index in [9.17, 15) is 13.2 Å². The van der Waals surface area contributed by atoms with Gasteiger partial charge < -0.3 is 15.4 Å². The molecule has 1 amide bonds. The Morgan fingerprint density at radius 1 is 1.16 bits per heavy atom. The number of carbonyl (C=O) groups is 1. The number of nitrogens with one attached hydrogen (secondary N) is 2. The number of benzene rings is 1. The summed E-state index contributed by atoms with van der Waals surface area (Å²) in [5.41, 5.74) is 0.444. The molecule has 1 aliphatic rings. The standard InChI is InChI=1S/C17H27N3O4S/c1-4-18-9-10-19-17(21)15-5-7-16(8-6-15)25(22,23)20-11-13(2)24-14(3)12-20/h5-8,13-14,18H,4,9-12H2,1-3H3,(H,19,21). The van der Waals surface area contributed by atoms with Crippen LogP contribution in [0.5, 0.6) is 0 Å². The van der Waals surface area contributed by atoms with E-state index in [0.717, 1.165) is 6.54 Å². The molecule has 1 fully saturated rings. The lowest BCUT2D eigenvalue weighted by molar-refractivity contribution is -0.0440. The molecule has 8 heteroatoms. The number of carbonyl (C=O) groups excluding carboxylic acids is 1. The molecule has 0 aromatic heterocycles. The number of likely N-dealkylation sites (N-methyl/N-ethyl adjacent to an activating group) is 1. The Morgan fingerprint density at radius 3 is 2.32 bits per heavy atom. The van der Waals surface area contributed by atoms with Crippen LogP contribution in [0.25, 0.3) is 0 Å². The van der Waals surface area contributed by atoms with Crippen LogP contribution in [0.1, 0.15) is 31.1 Å². The summed E-state index contributed by atoms with van der Waals surface area (Å²) >= 11 is 0. The lowest BCUT2D eigenvalue weighted by atomic mass is 10.2. The fraction of sp³-hybridized carbons (Fsp3) is 0.588. The fourth-order valence-electron chi connectivity index (χ4n) is 2.80. The zero-order chi connectivity index (χ0) is 18.4. The molecule has 0 bridgehead atoms. The largest absolute Gasteiger partial charge is 0.373 e. The van der Waals surface area contributed by atoms with E-state index in [1.54, 1.807) is 12.1 Å². The first kappa shape index (κ1) is 19.8. The first-order valence-electron chi connectivity index (χ1n) is 8.59. The van der Waals surface area contributed by atoms with Gasteiger partial charge in [-0.1, -0.05) is 6.92 Å². The van der Waals surface area contributed by atoms with E-state index in [2.05, 4.69) is 10.6 Å². The van der Waals surface area contributed by atoms with Crippen molar-refractivity contribution in [3.8, 4) is 0 Å². The highest BCUT2D eigenvalue weighted by molar-refractivity contribution is 7.89. The van der Waals surface area contributed by atoms with Crippen molar-refractivity contribution in [1.82, 2.24) is 14.9 Å². The van der Waals surface area contributed by atoms with Gasteiger partial charge in [-0.3, -0.25) is 4.79 Å². The van der Waals surface area contributed by atoms with Crippen LogP contribution in [-0.4, -0.2) is 63.6 Å². The molecule has 1 aromatic rings. The number of sulfonamides is 1. The maximum absolute atomic E-state index is 12.8. The van der Waals surface area contributed by atoms with Crippen molar-refractivity contribution in [3.05, 3.63) is 29.8 Å². The molecule has 1 aliphatic heterocycles. The minimum atomic E-state index is -3.58. The third-order valence-corrected chi connectivity index (χ3v) is 5.82. The summed E-state index contributed by atoms with van der Waals surface area (Å²) < 4.78 is 32.6. The van der Waals surface area contributed by atoms with E-state index in [1.807, 2.05) is 20.8 Å². The summed E-state index contributed by atoms with van der Waals surface area (Å²) in [5, 5.41) is 5.91. The average Bonchev–Trinajstić information content (AvgIpc) is 2.58. The number of hydrogen-bond acceptors (Lipinski definition) is 5. The van der Waals surface area contributed by atoms with Gasteiger partial charge in [0, 0.05) is 31.7 Å². The van der Waals surface area contributed by atoms with Crippen molar-refractivity contribution in [1.29, 1.82) is 0 Å². The Balaban J connectivity index is 2.04. The first-order valence-corrected chi connectivity index (χ1v) is 10.0. The summed E-state index contributed by atoms with van der Waals surface area (Å²) in [6.45, 7) is 8.45. The molecule has 1 aromatic carbocycles. The molecule has 0 spiro atoms. The van der Waals surface area contributed by atoms with Crippen molar-refractivity contribution >= 4 is 15.9 Å².